The van der Waals surface area contributed by atoms with E-state index in [4.69, 9.17) is 17.3 Å². The number of amides is 1. The number of primary amides is 1. The van der Waals surface area contributed by atoms with Gasteiger partial charge in [0.2, 0.25) is 0 Å². The van der Waals surface area contributed by atoms with E-state index in [0.717, 1.165) is 23.1 Å². The number of rotatable bonds is 2. The number of hydrogen-bond acceptors (Lipinski definition) is 2. The van der Waals surface area contributed by atoms with Gasteiger partial charge in [-0.05, 0) is 60.2 Å². The molecule has 0 saturated carbocycles. The Bertz CT molecular complexity index is 745. The third-order valence-corrected chi connectivity index (χ3v) is 4.33. The van der Waals surface area contributed by atoms with Gasteiger partial charge in [0.25, 0.3) is 5.91 Å². The Morgan fingerprint density at radius 1 is 1.43 bits per heavy atom. The molecule has 2 aromatic rings. The van der Waals surface area contributed by atoms with E-state index in [0.29, 0.717) is 17.0 Å². The van der Waals surface area contributed by atoms with Crippen molar-refractivity contribution < 1.29 is 9.18 Å². The van der Waals surface area contributed by atoms with Crippen LogP contribution in [0.15, 0.2) is 24.4 Å². The summed E-state index contributed by atoms with van der Waals surface area (Å²) in [6.07, 6.45) is 3.02. The lowest BCUT2D eigenvalue weighted by molar-refractivity contribution is 0.0995. The van der Waals surface area contributed by atoms with Crippen LogP contribution in [0.1, 0.15) is 45.1 Å². The van der Waals surface area contributed by atoms with E-state index in [2.05, 4.69) is 4.98 Å². The second kappa shape index (κ2) is 5.11. The molecule has 0 radical (unpaired) electrons. The molecule has 0 spiro atoms. The van der Waals surface area contributed by atoms with Gasteiger partial charge < -0.3 is 5.73 Å². The van der Waals surface area contributed by atoms with E-state index >= 15 is 0 Å². The number of nitrogens with two attached hydrogens (primary N) is 1. The van der Waals surface area contributed by atoms with Gasteiger partial charge in [0, 0.05) is 17.1 Å². The summed E-state index contributed by atoms with van der Waals surface area (Å²) in [5, 5.41) is 0.389. The number of hydrogen-bond donors (Lipinski definition) is 1. The third-order valence-electron chi connectivity index (χ3n) is 4.11. The van der Waals surface area contributed by atoms with Gasteiger partial charge in [-0.25, -0.2) is 4.39 Å². The number of fused-ring (bicyclic) bond motifs is 1. The number of nitrogens with zero attached hydrogens (tertiary/aromatic N) is 1. The van der Waals surface area contributed by atoms with Crippen molar-refractivity contribution in [1.82, 2.24) is 4.98 Å². The summed E-state index contributed by atoms with van der Waals surface area (Å²) < 4.78 is 14.0. The van der Waals surface area contributed by atoms with Gasteiger partial charge in [0.05, 0.1) is 0 Å². The molecule has 0 unspecified atom stereocenters. The van der Waals surface area contributed by atoms with Crippen LogP contribution in [-0.2, 0) is 6.42 Å². The van der Waals surface area contributed by atoms with E-state index in [1.54, 1.807) is 12.3 Å². The molecule has 1 aromatic heterocycles. The summed E-state index contributed by atoms with van der Waals surface area (Å²) in [6, 6.07) is 5.01. The highest BCUT2D eigenvalue weighted by Gasteiger charge is 2.29. The molecule has 0 bridgehead atoms. The SMILES string of the molecule is Cc1c([C@H]2CCc3c(F)cc(Cl)cc32)ccnc1C(N)=O. The maximum atomic E-state index is 14.0. The van der Waals surface area contributed by atoms with E-state index in [-0.39, 0.29) is 17.4 Å². The van der Waals surface area contributed by atoms with Gasteiger partial charge in [-0.3, -0.25) is 9.78 Å². The van der Waals surface area contributed by atoms with Crippen LogP contribution in [0.25, 0.3) is 0 Å². The fourth-order valence-corrected chi connectivity index (χ4v) is 3.36. The lowest BCUT2D eigenvalue weighted by Gasteiger charge is -2.16. The molecule has 108 valence electrons. The minimum atomic E-state index is -0.551. The van der Waals surface area contributed by atoms with Crippen LogP contribution >= 0.6 is 11.6 Å². The van der Waals surface area contributed by atoms with Gasteiger partial charge >= 0.3 is 0 Å². The molecule has 1 aliphatic carbocycles. The largest absolute Gasteiger partial charge is 0.364 e. The van der Waals surface area contributed by atoms with Gasteiger partial charge in [-0.2, -0.15) is 0 Å². The quantitative estimate of drug-likeness (QED) is 0.925. The summed E-state index contributed by atoms with van der Waals surface area (Å²) in [5.74, 6) is -0.791. The topological polar surface area (TPSA) is 56.0 Å². The fourth-order valence-electron chi connectivity index (χ4n) is 3.14. The van der Waals surface area contributed by atoms with Crippen LogP contribution in [0.3, 0.4) is 0 Å². The monoisotopic (exact) mass is 304 g/mol. The molecule has 1 heterocycles. The molecule has 1 amide bonds. The maximum absolute atomic E-state index is 14.0. The van der Waals surface area contributed by atoms with Crippen molar-refractivity contribution in [3.8, 4) is 0 Å². The minimum absolute atomic E-state index is 0.0225. The molecule has 21 heavy (non-hydrogen) atoms. The first-order valence-corrected chi connectivity index (χ1v) is 7.10. The standard InChI is InChI=1S/C16H14ClFN2O/c1-8-10(4-5-20-15(8)16(19)21)11-2-3-12-13(11)6-9(17)7-14(12)18/h4-7,11H,2-3H2,1H3,(H2,19,21)/t11-/m1/s1. The highest BCUT2D eigenvalue weighted by molar-refractivity contribution is 6.30. The average Bonchev–Trinajstić information content (AvgIpc) is 2.82. The van der Waals surface area contributed by atoms with Crippen LogP contribution in [0.5, 0.6) is 0 Å². The van der Waals surface area contributed by atoms with Crippen LogP contribution < -0.4 is 5.73 Å². The van der Waals surface area contributed by atoms with Crippen molar-refractivity contribution in [3.05, 3.63) is 63.2 Å². The van der Waals surface area contributed by atoms with Crippen molar-refractivity contribution in [2.75, 3.05) is 0 Å². The van der Waals surface area contributed by atoms with Crippen LogP contribution in [0, 0.1) is 12.7 Å². The maximum Gasteiger partial charge on any atom is 0.267 e. The predicted octanol–water partition coefficient (Wildman–Crippen LogP) is 3.36. The molecular weight excluding hydrogens is 291 g/mol. The Kier molecular flexibility index (Phi) is 3.41. The summed E-state index contributed by atoms with van der Waals surface area (Å²) >= 11 is 5.98. The Balaban J connectivity index is 2.14. The third kappa shape index (κ3) is 2.29. The van der Waals surface area contributed by atoms with Gasteiger partial charge in [0.1, 0.15) is 11.5 Å². The Morgan fingerprint density at radius 2 is 2.19 bits per heavy atom. The molecule has 0 aliphatic heterocycles. The molecule has 0 fully saturated rings. The van der Waals surface area contributed by atoms with Crippen molar-refractivity contribution in [1.29, 1.82) is 0 Å². The first-order chi connectivity index (χ1) is 9.99. The fraction of sp³-hybridized carbons (Fsp3) is 0.250. The molecule has 5 heteroatoms. The summed E-state index contributed by atoms with van der Waals surface area (Å²) in [7, 11) is 0. The number of benzene rings is 1. The molecule has 2 N–H and O–H groups in total. The lowest BCUT2D eigenvalue weighted by Crippen LogP contribution is -2.16. The van der Waals surface area contributed by atoms with Crippen molar-refractivity contribution in [2.45, 2.75) is 25.7 Å². The number of halogens is 2. The van der Waals surface area contributed by atoms with E-state index < -0.39 is 5.91 Å². The first-order valence-electron chi connectivity index (χ1n) is 6.72. The van der Waals surface area contributed by atoms with Gasteiger partial charge in [-0.15, -0.1) is 0 Å². The second-order valence-electron chi connectivity index (χ2n) is 5.28. The Hall–Kier alpha value is -1.94. The number of carbonyl (C=O) groups excluding carboxylic acids is 1. The van der Waals surface area contributed by atoms with E-state index in [1.165, 1.54) is 6.07 Å². The zero-order chi connectivity index (χ0) is 15.1. The predicted molar refractivity (Wildman–Crippen MR) is 79.1 cm³/mol. The Morgan fingerprint density at radius 3 is 2.90 bits per heavy atom. The number of pyridine rings is 1. The second-order valence-corrected chi connectivity index (χ2v) is 5.72. The van der Waals surface area contributed by atoms with Gasteiger partial charge in [0.15, 0.2) is 0 Å². The highest BCUT2D eigenvalue weighted by Crippen LogP contribution is 2.41. The Labute approximate surface area is 126 Å². The summed E-state index contributed by atoms with van der Waals surface area (Å²) in [6.45, 7) is 1.82. The van der Waals surface area contributed by atoms with Crippen molar-refractivity contribution in [3.63, 3.8) is 0 Å². The van der Waals surface area contributed by atoms with E-state index in [1.807, 2.05) is 13.0 Å². The van der Waals surface area contributed by atoms with E-state index in [9.17, 15) is 9.18 Å². The van der Waals surface area contributed by atoms with Crippen LogP contribution in [-0.4, -0.2) is 10.9 Å². The van der Waals surface area contributed by atoms with Crippen LogP contribution in [0.4, 0.5) is 4.39 Å². The minimum Gasteiger partial charge on any atom is -0.364 e. The van der Waals surface area contributed by atoms with Crippen molar-refractivity contribution >= 4 is 17.5 Å². The smallest absolute Gasteiger partial charge is 0.267 e. The zero-order valence-corrected chi connectivity index (χ0v) is 12.2. The molecule has 0 saturated heterocycles. The molecular formula is C16H14ClFN2O. The molecule has 1 aliphatic rings. The molecule has 1 aromatic carbocycles. The molecule has 3 nitrogen and oxygen atoms in total. The molecule has 3 rings (SSSR count). The normalized spacial score (nSPS) is 16.8. The number of aromatic nitrogens is 1. The van der Waals surface area contributed by atoms with Crippen molar-refractivity contribution in [2.24, 2.45) is 5.73 Å². The van der Waals surface area contributed by atoms with Crippen LogP contribution in [0.2, 0.25) is 5.02 Å². The lowest BCUT2D eigenvalue weighted by atomic mass is 9.89. The highest BCUT2D eigenvalue weighted by atomic mass is 35.5. The zero-order valence-electron chi connectivity index (χ0n) is 11.5. The summed E-state index contributed by atoms with van der Waals surface area (Å²) in [5.41, 5.74) is 8.92. The number of carbonyl (C=O) groups is 1. The first kappa shape index (κ1) is 14.0. The average molecular weight is 305 g/mol. The van der Waals surface area contributed by atoms with Gasteiger partial charge in [-0.1, -0.05) is 11.6 Å². The summed E-state index contributed by atoms with van der Waals surface area (Å²) in [4.78, 5) is 15.4. The molecule has 1 atom stereocenters.